The Bertz CT molecular complexity index is 1060. The highest BCUT2D eigenvalue weighted by atomic mass is 16.6. The highest BCUT2D eigenvalue weighted by molar-refractivity contribution is 5.83. The van der Waals surface area contributed by atoms with E-state index in [9.17, 15) is 19.7 Å². The first-order valence-electron chi connectivity index (χ1n) is 10.1. The van der Waals surface area contributed by atoms with Gasteiger partial charge in [-0.15, -0.1) is 0 Å². The summed E-state index contributed by atoms with van der Waals surface area (Å²) in [6.45, 7) is 0.0890. The molecule has 0 aliphatic rings. The molecule has 1 N–H and O–H groups in total. The number of hydrogen-bond acceptors (Lipinski definition) is 7. The topological polar surface area (TPSA) is 117 Å². The van der Waals surface area contributed by atoms with Crippen molar-refractivity contribution in [2.24, 2.45) is 0 Å². The monoisotopic (exact) mass is 450 g/mol. The molecule has 33 heavy (non-hydrogen) atoms. The van der Waals surface area contributed by atoms with Crippen molar-refractivity contribution in [1.82, 2.24) is 5.32 Å². The van der Waals surface area contributed by atoms with Crippen LogP contribution in [0.15, 0.2) is 84.9 Å². The maximum absolute atomic E-state index is 12.7. The fourth-order valence-electron chi connectivity index (χ4n) is 2.77. The first-order valence-corrected chi connectivity index (χ1v) is 10.1. The summed E-state index contributed by atoms with van der Waals surface area (Å²) in [7, 11) is 0. The summed E-state index contributed by atoms with van der Waals surface area (Å²) in [5.41, 5.74) is 1.55. The van der Waals surface area contributed by atoms with E-state index in [-0.39, 0.29) is 31.3 Å². The van der Waals surface area contributed by atoms with Crippen LogP contribution in [-0.2, 0) is 27.5 Å². The molecule has 170 valence electrons. The number of carbonyl (C=O) groups excluding carboxylic acids is 2. The average Bonchev–Trinajstić information content (AvgIpc) is 2.84. The van der Waals surface area contributed by atoms with Crippen LogP contribution in [0, 0.1) is 10.1 Å². The third-order valence-electron chi connectivity index (χ3n) is 4.45. The molecule has 0 radical (unpaired) electrons. The molecule has 3 aromatic carbocycles. The fraction of sp³-hybridized carbons (Fsp3) is 0.167. The van der Waals surface area contributed by atoms with Crippen LogP contribution < -0.4 is 10.1 Å². The van der Waals surface area contributed by atoms with E-state index in [0.717, 1.165) is 11.1 Å². The number of non-ortho nitro benzene ring substituents is 1. The molecule has 0 spiro atoms. The Morgan fingerprint density at radius 2 is 1.42 bits per heavy atom. The maximum atomic E-state index is 12.7. The van der Waals surface area contributed by atoms with E-state index in [4.69, 9.17) is 14.2 Å². The molecule has 0 saturated carbocycles. The minimum absolute atomic E-state index is 0.0294. The van der Waals surface area contributed by atoms with Gasteiger partial charge in [0.15, 0.2) is 6.04 Å². The number of nitrogens with zero attached hydrogens (tertiary/aromatic N) is 1. The van der Waals surface area contributed by atoms with Gasteiger partial charge in [0, 0.05) is 12.1 Å². The van der Waals surface area contributed by atoms with E-state index in [1.807, 2.05) is 48.5 Å². The Morgan fingerprint density at radius 3 is 2.00 bits per heavy atom. The minimum atomic E-state index is -1.16. The number of nitro groups is 1. The van der Waals surface area contributed by atoms with Crippen LogP contribution in [0.1, 0.15) is 11.1 Å². The molecule has 0 unspecified atom stereocenters. The molecular weight excluding hydrogens is 428 g/mol. The lowest BCUT2D eigenvalue weighted by Gasteiger charge is -2.18. The molecule has 1 atom stereocenters. The maximum Gasteiger partial charge on any atom is 0.408 e. The number of nitrogens with one attached hydrogen (secondary N) is 1. The number of rotatable bonds is 10. The van der Waals surface area contributed by atoms with Gasteiger partial charge in [-0.1, -0.05) is 60.7 Å². The van der Waals surface area contributed by atoms with Gasteiger partial charge in [0.2, 0.25) is 0 Å². The third-order valence-corrected chi connectivity index (χ3v) is 4.45. The molecule has 0 heterocycles. The number of esters is 1. The lowest BCUT2D eigenvalue weighted by molar-refractivity contribution is -0.384. The van der Waals surface area contributed by atoms with Gasteiger partial charge < -0.3 is 19.5 Å². The van der Waals surface area contributed by atoms with Gasteiger partial charge in [-0.05, 0) is 23.3 Å². The second kappa shape index (κ2) is 12.0. The molecule has 1 amide bonds. The summed E-state index contributed by atoms with van der Waals surface area (Å²) in [5, 5.41) is 13.2. The molecule has 9 nitrogen and oxygen atoms in total. The highest BCUT2D eigenvalue weighted by Gasteiger charge is 2.24. The van der Waals surface area contributed by atoms with Crippen molar-refractivity contribution >= 4 is 17.7 Å². The van der Waals surface area contributed by atoms with Crippen molar-refractivity contribution in [2.75, 3.05) is 6.61 Å². The van der Waals surface area contributed by atoms with Crippen molar-refractivity contribution in [3.8, 4) is 5.75 Å². The zero-order chi connectivity index (χ0) is 23.5. The minimum Gasteiger partial charge on any atom is -0.445 e. The first kappa shape index (κ1) is 23.4. The van der Waals surface area contributed by atoms with Crippen molar-refractivity contribution in [3.63, 3.8) is 0 Å². The summed E-state index contributed by atoms with van der Waals surface area (Å²) in [4.78, 5) is 35.2. The molecular formula is C24H22N2O7. The first-order chi connectivity index (χ1) is 16.0. The lowest BCUT2D eigenvalue weighted by Crippen LogP contribution is -2.46. The van der Waals surface area contributed by atoms with E-state index in [0.29, 0.717) is 0 Å². The molecule has 0 aromatic heterocycles. The van der Waals surface area contributed by atoms with E-state index in [1.165, 1.54) is 24.3 Å². The van der Waals surface area contributed by atoms with Crippen LogP contribution in [0.3, 0.4) is 0 Å². The van der Waals surface area contributed by atoms with Crippen molar-refractivity contribution in [2.45, 2.75) is 19.3 Å². The Hall–Kier alpha value is -4.24. The standard InChI is InChI=1S/C24H22N2O7/c27-23(33-21-13-11-20(12-14-21)26(29)30)22(17-31-15-18-7-3-1-4-8-18)25-24(28)32-16-19-9-5-2-6-10-19/h1-14,22H,15-17H2,(H,25,28)/t22-/m0/s1. The summed E-state index contributed by atoms with van der Waals surface area (Å²) in [6, 6.07) is 22.3. The van der Waals surface area contributed by atoms with Crippen LogP contribution in [0.2, 0.25) is 0 Å². The summed E-state index contributed by atoms with van der Waals surface area (Å²) < 4.78 is 16.0. The highest BCUT2D eigenvalue weighted by Crippen LogP contribution is 2.18. The van der Waals surface area contributed by atoms with Gasteiger partial charge in [-0.3, -0.25) is 10.1 Å². The SMILES string of the molecule is O=C(N[C@@H](COCc1ccccc1)C(=O)Oc1ccc([N+](=O)[O-])cc1)OCc1ccccc1. The fourth-order valence-corrected chi connectivity index (χ4v) is 2.77. The van der Waals surface area contributed by atoms with Crippen LogP contribution in [0.25, 0.3) is 0 Å². The molecule has 0 fully saturated rings. The molecule has 0 aliphatic carbocycles. The lowest BCUT2D eigenvalue weighted by atomic mass is 10.2. The largest absolute Gasteiger partial charge is 0.445 e. The second-order valence-electron chi connectivity index (χ2n) is 6.93. The van der Waals surface area contributed by atoms with Gasteiger partial charge >= 0.3 is 12.1 Å². The Labute approximate surface area is 190 Å². The number of hydrogen-bond donors (Lipinski definition) is 1. The number of ether oxygens (including phenoxy) is 3. The molecule has 3 aromatic rings. The van der Waals surface area contributed by atoms with Crippen LogP contribution >= 0.6 is 0 Å². The van der Waals surface area contributed by atoms with Gasteiger partial charge in [0.25, 0.3) is 5.69 Å². The van der Waals surface area contributed by atoms with E-state index < -0.39 is 23.0 Å². The zero-order valence-corrected chi connectivity index (χ0v) is 17.6. The summed E-state index contributed by atoms with van der Waals surface area (Å²) in [5.74, 6) is -0.702. The van der Waals surface area contributed by atoms with Gasteiger partial charge in [-0.2, -0.15) is 0 Å². The Balaban J connectivity index is 1.60. The predicted octanol–water partition coefficient (Wildman–Crippen LogP) is 4.01. The molecule has 9 heteroatoms. The van der Waals surface area contributed by atoms with E-state index >= 15 is 0 Å². The Kier molecular flexibility index (Phi) is 8.49. The third kappa shape index (κ3) is 7.75. The predicted molar refractivity (Wildman–Crippen MR) is 118 cm³/mol. The quantitative estimate of drug-likeness (QED) is 0.215. The normalized spacial score (nSPS) is 11.3. The average molecular weight is 450 g/mol. The van der Waals surface area contributed by atoms with Crippen molar-refractivity contribution in [3.05, 3.63) is 106 Å². The number of benzene rings is 3. The summed E-state index contributed by atoms with van der Waals surface area (Å²) in [6.07, 6.45) is -0.812. The number of carbonyl (C=O) groups is 2. The van der Waals surface area contributed by atoms with Gasteiger partial charge in [0.1, 0.15) is 12.4 Å². The number of amides is 1. The van der Waals surface area contributed by atoms with Crippen molar-refractivity contribution < 1.29 is 28.7 Å². The zero-order valence-electron chi connectivity index (χ0n) is 17.6. The summed E-state index contributed by atoms with van der Waals surface area (Å²) >= 11 is 0. The van der Waals surface area contributed by atoms with Crippen LogP contribution in [0.4, 0.5) is 10.5 Å². The number of nitro benzene ring substituents is 1. The molecule has 0 bridgehead atoms. The van der Waals surface area contributed by atoms with E-state index in [1.54, 1.807) is 12.1 Å². The van der Waals surface area contributed by atoms with Crippen molar-refractivity contribution in [1.29, 1.82) is 0 Å². The molecule has 0 aliphatic heterocycles. The van der Waals surface area contributed by atoms with E-state index in [2.05, 4.69) is 5.32 Å². The van der Waals surface area contributed by atoms with Crippen LogP contribution in [0.5, 0.6) is 5.75 Å². The molecule has 0 saturated heterocycles. The molecule has 3 rings (SSSR count). The number of alkyl carbamates (subject to hydrolysis) is 1. The van der Waals surface area contributed by atoms with Gasteiger partial charge in [0.05, 0.1) is 18.1 Å². The second-order valence-corrected chi connectivity index (χ2v) is 6.93. The van der Waals surface area contributed by atoms with Crippen LogP contribution in [-0.4, -0.2) is 29.6 Å². The van der Waals surface area contributed by atoms with Gasteiger partial charge in [-0.25, -0.2) is 9.59 Å². The smallest absolute Gasteiger partial charge is 0.408 e. The Morgan fingerprint density at radius 1 is 0.848 bits per heavy atom.